The Balaban J connectivity index is 0.000000561. The standard InChI is InChI=1S/C6H9NO3.CH4O/c1-7-3-4(6(9)10)2-5(7)8;1-2/h4H,2-3H2,1H3,(H,9,10);2H,1H3. The Hall–Kier alpha value is -1.10. The summed E-state index contributed by atoms with van der Waals surface area (Å²) >= 11 is 0. The number of hydrogen-bond acceptors (Lipinski definition) is 3. The topological polar surface area (TPSA) is 77.8 Å². The summed E-state index contributed by atoms with van der Waals surface area (Å²) in [5.74, 6) is -1.44. The second kappa shape index (κ2) is 4.71. The summed E-state index contributed by atoms with van der Waals surface area (Å²) in [6.07, 6.45) is 0.159. The third-order valence-electron chi connectivity index (χ3n) is 1.69. The molecule has 1 fully saturated rings. The van der Waals surface area contributed by atoms with Crippen LogP contribution in [-0.2, 0) is 9.59 Å². The van der Waals surface area contributed by atoms with Crippen LogP contribution in [0.3, 0.4) is 0 Å². The number of aliphatic hydroxyl groups is 1. The molecule has 0 spiro atoms. The maximum absolute atomic E-state index is 10.8. The zero-order chi connectivity index (χ0) is 9.72. The summed E-state index contributed by atoms with van der Waals surface area (Å²) < 4.78 is 0. The van der Waals surface area contributed by atoms with Gasteiger partial charge in [-0.3, -0.25) is 9.59 Å². The molecule has 0 bridgehead atoms. The Kier molecular flexibility index (Phi) is 4.28. The van der Waals surface area contributed by atoms with Crippen molar-refractivity contribution in [2.75, 3.05) is 20.7 Å². The zero-order valence-electron chi connectivity index (χ0n) is 7.15. The smallest absolute Gasteiger partial charge is 0.308 e. The molecule has 1 saturated heterocycles. The molecule has 0 aromatic heterocycles. The van der Waals surface area contributed by atoms with Gasteiger partial charge in [0, 0.05) is 27.1 Å². The number of likely N-dealkylation sites (tertiary alicyclic amines) is 1. The van der Waals surface area contributed by atoms with Crippen LogP contribution >= 0.6 is 0 Å². The highest BCUT2D eigenvalue weighted by Crippen LogP contribution is 2.15. The van der Waals surface area contributed by atoms with Crippen molar-refractivity contribution in [3.05, 3.63) is 0 Å². The van der Waals surface area contributed by atoms with Crippen LogP contribution in [-0.4, -0.2) is 47.7 Å². The van der Waals surface area contributed by atoms with E-state index in [0.29, 0.717) is 6.54 Å². The van der Waals surface area contributed by atoms with Gasteiger partial charge in [-0.2, -0.15) is 0 Å². The van der Waals surface area contributed by atoms with Gasteiger partial charge in [-0.05, 0) is 0 Å². The van der Waals surface area contributed by atoms with Gasteiger partial charge in [0.15, 0.2) is 0 Å². The van der Waals surface area contributed by atoms with E-state index in [1.807, 2.05) is 0 Å². The molecule has 1 amide bonds. The van der Waals surface area contributed by atoms with Crippen LogP contribution in [0.25, 0.3) is 0 Å². The van der Waals surface area contributed by atoms with Crippen LogP contribution in [0.2, 0.25) is 0 Å². The van der Waals surface area contributed by atoms with E-state index in [-0.39, 0.29) is 12.3 Å². The van der Waals surface area contributed by atoms with E-state index in [9.17, 15) is 9.59 Å². The van der Waals surface area contributed by atoms with Gasteiger partial charge in [0.1, 0.15) is 0 Å². The highest BCUT2D eigenvalue weighted by molar-refractivity contribution is 5.85. The Morgan fingerprint density at radius 3 is 2.25 bits per heavy atom. The van der Waals surface area contributed by atoms with Crippen LogP contribution in [0.4, 0.5) is 0 Å². The molecule has 1 heterocycles. The number of aliphatic hydroxyl groups excluding tert-OH is 1. The van der Waals surface area contributed by atoms with E-state index in [2.05, 4.69) is 0 Å². The number of rotatable bonds is 1. The van der Waals surface area contributed by atoms with E-state index in [1.165, 1.54) is 4.90 Å². The second-order valence-corrected chi connectivity index (χ2v) is 2.51. The Labute approximate surface area is 70.6 Å². The molecule has 0 saturated carbocycles. The molecular formula is C7H13NO4. The lowest BCUT2D eigenvalue weighted by Gasteiger charge is -2.05. The second-order valence-electron chi connectivity index (χ2n) is 2.51. The van der Waals surface area contributed by atoms with E-state index in [1.54, 1.807) is 7.05 Å². The summed E-state index contributed by atoms with van der Waals surface area (Å²) in [7, 11) is 2.62. The third-order valence-corrected chi connectivity index (χ3v) is 1.69. The number of nitrogens with zero attached hydrogens (tertiary/aromatic N) is 1. The van der Waals surface area contributed by atoms with Crippen molar-refractivity contribution in [1.29, 1.82) is 0 Å². The summed E-state index contributed by atoms with van der Waals surface area (Å²) in [4.78, 5) is 22.5. The van der Waals surface area contributed by atoms with E-state index < -0.39 is 11.9 Å². The summed E-state index contributed by atoms with van der Waals surface area (Å²) in [6.45, 7) is 0.355. The molecule has 5 heteroatoms. The molecule has 0 aromatic carbocycles. The largest absolute Gasteiger partial charge is 0.481 e. The van der Waals surface area contributed by atoms with Gasteiger partial charge < -0.3 is 15.1 Å². The summed E-state index contributed by atoms with van der Waals surface area (Å²) in [5, 5.41) is 15.5. The lowest BCUT2D eigenvalue weighted by molar-refractivity contribution is -0.141. The van der Waals surface area contributed by atoms with Gasteiger partial charge >= 0.3 is 5.97 Å². The summed E-state index contributed by atoms with van der Waals surface area (Å²) in [6, 6.07) is 0. The van der Waals surface area contributed by atoms with E-state index in [4.69, 9.17) is 10.2 Å². The van der Waals surface area contributed by atoms with Gasteiger partial charge in [-0.15, -0.1) is 0 Å². The van der Waals surface area contributed by atoms with Crippen molar-refractivity contribution in [2.24, 2.45) is 5.92 Å². The molecule has 0 radical (unpaired) electrons. The predicted octanol–water partition coefficient (Wildman–Crippen LogP) is -0.842. The molecule has 1 rings (SSSR count). The number of aliphatic carboxylic acids is 1. The van der Waals surface area contributed by atoms with Crippen molar-refractivity contribution in [1.82, 2.24) is 4.90 Å². The van der Waals surface area contributed by atoms with Crippen LogP contribution < -0.4 is 0 Å². The number of carboxylic acid groups (broad SMARTS) is 1. The van der Waals surface area contributed by atoms with Crippen molar-refractivity contribution in [3.63, 3.8) is 0 Å². The summed E-state index contributed by atoms with van der Waals surface area (Å²) in [5.41, 5.74) is 0. The lowest BCUT2D eigenvalue weighted by Crippen LogP contribution is -2.20. The molecular weight excluding hydrogens is 162 g/mol. The van der Waals surface area contributed by atoms with Gasteiger partial charge in [0.2, 0.25) is 5.91 Å². The van der Waals surface area contributed by atoms with E-state index >= 15 is 0 Å². The number of carboxylic acids is 1. The van der Waals surface area contributed by atoms with Crippen LogP contribution in [0.1, 0.15) is 6.42 Å². The van der Waals surface area contributed by atoms with Gasteiger partial charge in [0.25, 0.3) is 0 Å². The number of amides is 1. The quantitative estimate of drug-likeness (QED) is 0.544. The van der Waals surface area contributed by atoms with Crippen LogP contribution in [0.15, 0.2) is 0 Å². The fraction of sp³-hybridized carbons (Fsp3) is 0.714. The number of carbonyl (C=O) groups is 2. The van der Waals surface area contributed by atoms with Crippen molar-refractivity contribution in [3.8, 4) is 0 Å². The third kappa shape index (κ3) is 2.50. The molecule has 1 aliphatic rings. The normalized spacial score (nSPS) is 21.8. The molecule has 12 heavy (non-hydrogen) atoms. The molecule has 1 unspecified atom stereocenters. The van der Waals surface area contributed by atoms with Crippen LogP contribution in [0, 0.1) is 5.92 Å². The monoisotopic (exact) mass is 175 g/mol. The Bertz CT molecular complexity index is 180. The maximum Gasteiger partial charge on any atom is 0.308 e. The maximum atomic E-state index is 10.8. The predicted molar refractivity (Wildman–Crippen MR) is 41.5 cm³/mol. The Morgan fingerprint density at radius 1 is 1.58 bits per heavy atom. The molecule has 70 valence electrons. The average molecular weight is 175 g/mol. The molecule has 0 aliphatic carbocycles. The van der Waals surface area contributed by atoms with Crippen LogP contribution in [0.5, 0.6) is 0 Å². The molecule has 1 atom stereocenters. The number of carbonyl (C=O) groups excluding carboxylic acids is 1. The first-order valence-corrected chi connectivity index (χ1v) is 3.52. The molecule has 0 aromatic rings. The Morgan fingerprint density at radius 2 is 2.08 bits per heavy atom. The SMILES string of the molecule is CN1CC(C(=O)O)CC1=O.CO. The average Bonchev–Trinajstić information content (AvgIpc) is 2.36. The highest BCUT2D eigenvalue weighted by Gasteiger charge is 2.31. The highest BCUT2D eigenvalue weighted by atomic mass is 16.4. The minimum absolute atomic E-state index is 0.0765. The molecule has 5 nitrogen and oxygen atoms in total. The first-order chi connectivity index (χ1) is 5.61. The first kappa shape index (κ1) is 10.9. The molecule has 2 N–H and O–H groups in total. The minimum atomic E-state index is -0.877. The zero-order valence-corrected chi connectivity index (χ0v) is 7.15. The van der Waals surface area contributed by atoms with Crippen molar-refractivity contribution >= 4 is 11.9 Å². The fourth-order valence-corrected chi connectivity index (χ4v) is 1.03. The van der Waals surface area contributed by atoms with Gasteiger partial charge in [-0.1, -0.05) is 0 Å². The lowest BCUT2D eigenvalue weighted by atomic mass is 10.1. The molecule has 1 aliphatic heterocycles. The van der Waals surface area contributed by atoms with Crippen molar-refractivity contribution in [2.45, 2.75) is 6.42 Å². The minimum Gasteiger partial charge on any atom is -0.481 e. The fourth-order valence-electron chi connectivity index (χ4n) is 1.03. The van der Waals surface area contributed by atoms with Crippen molar-refractivity contribution < 1.29 is 19.8 Å². The van der Waals surface area contributed by atoms with E-state index in [0.717, 1.165) is 7.11 Å². The number of hydrogen-bond donors (Lipinski definition) is 2. The first-order valence-electron chi connectivity index (χ1n) is 3.52. The van der Waals surface area contributed by atoms with Gasteiger partial charge in [0.05, 0.1) is 5.92 Å². The van der Waals surface area contributed by atoms with Gasteiger partial charge in [-0.25, -0.2) is 0 Å².